The Labute approximate surface area is 220 Å². The molecule has 1 saturated heterocycles. The third-order valence-electron chi connectivity index (χ3n) is 8.63. The molecular formula is C28H29FN6OS. The van der Waals surface area contributed by atoms with Gasteiger partial charge in [0.25, 0.3) is 0 Å². The Kier molecular flexibility index (Phi) is 5.48. The first kappa shape index (κ1) is 24.1. The van der Waals surface area contributed by atoms with Gasteiger partial charge in [-0.2, -0.15) is 5.26 Å². The van der Waals surface area contributed by atoms with E-state index in [4.69, 9.17) is 16.0 Å². The summed E-state index contributed by atoms with van der Waals surface area (Å²) < 4.78 is 14.4. The van der Waals surface area contributed by atoms with Crippen molar-refractivity contribution >= 4 is 34.7 Å². The molecule has 2 aliphatic heterocycles. The van der Waals surface area contributed by atoms with Crippen LogP contribution in [-0.2, 0) is 16.8 Å². The van der Waals surface area contributed by atoms with Gasteiger partial charge in [-0.3, -0.25) is 14.8 Å². The lowest BCUT2D eigenvalue weighted by Gasteiger charge is -2.45. The van der Waals surface area contributed by atoms with Crippen molar-refractivity contribution < 1.29 is 9.18 Å². The number of likely N-dealkylation sites (N-methyl/N-ethyl adjacent to an activating group) is 1. The summed E-state index contributed by atoms with van der Waals surface area (Å²) in [5, 5.41) is 9.41. The van der Waals surface area contributed by atoms with Crippen LogP contribution in [0.4, 0.5) is 4.39 Å². The predicted molar refractivity (Wildman–Crippen MR) is 143 cm³/mol. The maximum Gasteiger partial charge on any atom is 0.240 e. The molecule has 1 spiro atoms. The summed E-state index contributed by atoms with van der Waals surface area (Å²) in [6.07, 6.45) is 4.52. The van der Waals surface area contributed by atoms with E-state index >= 15 is 0 Å². The number of carbonyl (C=O) groups excluding carboxylic acids is 1. The van der Waals surface area contributed by atoms with Crippen molar-refractivity contribution in [2.24, 2.45) is 22.6 Å². The number of nitrogens with two attached hydrogens (primary N) is 1. The van der Waals surface area contributed by atoms with Gasteiger partial charge in [0, 0.05) is 37.7 Å². The van der Waals surface area contributed by atoms with E-state index in [2.05, 4.69) is 30.9 Å². The van der Waals surface area contributed by atoms with Crippen molar-refractivity contribution in [2.45, 2.75) is 36.1 Å². The Bertz CT molecular complexity index is 1400. The first-order chi connectivity index (χ1) is 17.7. The summed E-state index contributed by atoms with van der Waals surface area (Å²) in [5.74, 6) is -0.104. The van der Waals surface area contributed by atoms with Gasteiger partial charge in [-0.05, 0) is 67.4 Å². The highest BCUT2D eigenvalue weighted by Crippen LogP contribution is 2.73. The Morgan fingerprint density at radius 1 is 1.35 bits per heavy atom. The van der Waals surface area contributed by atoms with E-state index in [-0.39, 0.29) is 23.4 Å². The minimum atomic E-state index is -0.589. The quantitative estimate of drug-likeness (QED) is 0.669. The maximum absolute atomic E-state index is 15.0. The number of thioether (sulfide) groups is 1. The van der Waals surface area contributed by atoms with Gasteiger partial charge in [-0.1, -0.05) is 30.8 Å². The summed E-state index contributed by atoms with van der Waals surface area (Å²) in [7, 11) is 4.12. The van der Waals surface area contributed by atoms with Gasteiger partial charge in [-0.25, -0.2) is 4.39 Å². The normalized spacial score (nSPS) is 31.9. The van der Waals surface area contributed by atoms with Crippen LogP contribution < -0.4 is 5.73 Å². The molecule has 2 unspecified atom stereocenters. The minimum absolute atomic E-state index is 0.0555. The monoisotopic (exact) mass is 516 g/mol. The van der Waals surface area contributed by atoms with E-state index in [1.807, 2.05) is 29.2 Å². The fraction of sp³-hybridized carbons (Fsp3) is 0.429. The molecule has 1 amide bonds. The van der Waals surface area contributed by atoms with Crippen LogP contribution in [0.1, 0.15) is 41.3 Å². The zero-order valence-corrected chi connectivity index (χ0v) is 21.9. The number of carbonyl (C=O) groups is 1. The van der Waals surface area contributed by atoms with Gasteiger partial charge >= 0.3 is 0 Å². The number of halogens is 1. The van der Waals surface area contributed by atoms with Crippen LogP contribution in [0, 0.1) is 23.2 Å². The van der Waals surface area contributed by atoms with E-state index in [1.165, 1.54) is 30.1 Å². The van der Waals surface area contributed by atoms with Gasteiger partial charge < -0.3 is 15.5 Å². The van der Waals surface area contributed by atoms with Gasteiger partial charge in [0.2, 0.25) is 5.91 Å². The van der Waals surface area contributed by atoms with E-state index < -0.39 is 16.1 Å². The number of nitrogens with zero attached hydrogens (tertiary/aromatic N) is 5. The van der Waals surface area contributed by atoms with Gasteiger partial charge in [0.1, 0.15) is 16.6 Å². The zero-order chi connectivity index (χ0) is 26.1. The third-order valence-corrected chi connectivity index (χ3v) is 10.1. The number of nitriles is 1. The molecule has 4 aliphatic rings. The minimum Gasteiger partial charge on any atom is -0.378 e. The number of rotatable bonds is 4. The highest BCUT2D eigenvalue weighted by molar-refractivity contribution is 8.15. The Morgan fingerprint density at radius 2 is 2.16 bits per heavy atom. The molecule has 2 N–H and O–H groups in total. The van der Waals surface area contributed by atoms with Crippen LogP contribution in [0.25, 0.3) is 11.9 Å². The van der Waals surface area contributed by atoms with Crippen LogP contribution >= 0.6 is 11.8 Å². The van der Waals surface area contributed by atoms with E-state index in [1.54, 1.807) is 6.07 Å². The second-order valence-corrected chi connectivity index (χ2v) is 12.1. The lowest BCUT2D eigenvalue weighted by atomic mass is 9.66. The average Bonchev–Trinajstić information content (AvgIpc) is 3.23. The SMILES string of the molecule is CC1C2[C@@]1(C(=O)N1CC[C@@H](N(C)C)C1)SC(N)=N[C@@]21Cc2ccc(/C=C(\F)c3ccc(C#N)cn3)cc21. The molecule has 1 saturated carbocycles. The molecule has 0 bridgehead atoms. The highest BCUT2D eigenvalue weighted by atomic mass is 32.2. The summed E-state index contributed by atoms with van der Waals surface area (Å²) >= 11 is 1.44. The van der Waals surface area contributed by atoms with Crippen LogP contribution in [0.5, 0.6) is 0 Å². The number of fused-ring (bicyclic) bond motifs is 4. The molecule has 5 atom stereocenters. The summed E-state index contributed by atoms with van der Waals surface area (Å²) in [5.41, 5.74) is 9.30. The number of amidine groups is 1. The number of benzene rings is 1. The molecule has 6 rings (SSSR count). The molecular weight excluding hydrogens is 487 g/mol. The smallest absolute Gasteiger partial charge is 0.240 e. The second kappa shape index (κ2) is 8.40. The summed E-state index contributed by atoms with van der Waals surface area (Å²) in [6.45, 7) is 3.65. The Balaban J connectivity index is 1.30. The van der Waals surface area contributed by atoms with Crippen LogP contribution in [0.3, 0.4) is 0 Å². The fourth-order valence-corrected chi connectivity index (χ4v) is 8.15. The van der Waals surface area contributed by atoms with E-state index in [0.717, 1.165) is 37.1 Å². The fourth-order valence-electron chi connectivity index (χ4n) is 6.60. The van der Waals surface area contributed by atoms with Crippen molar-refractivity contribution in [3.63, 3.8) is 0 Å². The van der Waals surface area contributed by atoms with Crippen LogP contribution in [0.15, 0.2) is 41.5 Å². The lowest BCUT2D eigenvalue weighted by molar-refractivity contribution is -0.131. The first-order valence-electron chi connectivity index (χ1n) is 12.6. The topological polar surface area (TPSA) is 98.6 Å². The number of hydrogen-bond donors (Lipinski definition) is 1. The molecule has 9 heteroatoms. The third kappa shape index (κ3) is 3.53. The zero-order valence-electron chi connectivity index (χ0n) is 21.1. The molecule has 1 aromatic heterocycles. The molecule has 7 nitrogen and oxygen atoms in total. The molecule has 190 valence electrons. The molecule has 37 heavy (non-hydrogen) atoms. The molecule has 2 aliphatic carbocycles. The van der Waals surface area contributed by atoms with Crippen molar-refractivity contribution in [1.82, 2.24) is 14.8 Å². The van der Waals surface area contributed by atoms with Gasteiger partial charge in [-0.15, -0.1) is 0 Å². The Hall–Kier alpha value is -3.22. The van der Waals surface area contributed by atoms with E-state index in [9.17, 15) is 9.18 Å². The average molecular weight is 517 g/mol. The molecule has 2 fully saturated rings. The molecule has 2 aromatic rings. The molecule has 1 aromatic carbocycles. The molecule has 3 heterocycles. The van der Waals surface area contributed by atoms with Crippen LogP contribution in [-0.4, -0.2) is 63.8 Å². The Morgan fingerprint density at radius 3 is 2.84 bits per heavy atom. The predicted octanol–water partition coefficient (Wildman–Crippen LogP) is 3.40. The largest absolute Gasteiger partial charge is 0.378 e. The number of pyridine rings is 1. The first-order valence-corrected chi connectivity index (χ1v) is 13.4. The van der Waals surface area contributed by atoms with E-state index in [0.29, 0.717) is 22.3 Å². The standard InChI is InChI=1S/C28H29FN6OS/c1-16-24-27(33-26(31)37-28(16,24)25(36)35-9-8-20(15-35)34(2)3)12-19-6-4-17(10-21(19)27)11-22(29)23-7-5-18(13-30)14-32-23/h4-7,10-11,14,16,20,24H,8-9,12,15H2,1-3H3,(H2,31,33)/b22-11-/t16?,20-,24?,27-,28+/m1/s1. The van der Waals surface area contributed by atoms with Crippen molar-refractivity contribution in [2.75, 3.05) is 27.2 Å². The number of aromatic nitrogens is 1. The number of amides is 1. The number of hydrogen-bond acceptors (Lipinski definition) is 7. The molecule has 0 radical (unpaired) electrons. The van der Waals surface area contributed by atoms with Gasteiger partial charge in [0.05, 0.1) is 16.8 Å². The highest BCUT2D eigenvalue weighted by Gasteiger charge is 2.79. The van der Waals surface area contributed by atoms with Gasteiger partial charge in [0.15, 0.2) is 5.17 Å². The number of likely N-dealkylation sites (tertiary alicyclic amines) is 1. The van der Waals surface area contributed by atoms with Crippen LogP contribution in [0.2, 0.25) is 0 Å². The second-order valence-electron chi connectivity index (χ2n) is 10.8. The summed E-state index contributed by atoms with van der Waals surface area (Å²) in [4.78, 5) is 27.1. The lowest BCUT2D eigenvalue weighted by Crippen LogP contribution is -2.50. The van der Waals surface area contributed by atoms with Crippen molar-refractivity contribution in [3.8, 4) is 6.07 Å². The summed E-state index contributed by atoms with van der Waals surface area (Å²) in [6, 6.07) is 11.3. The van der Waals surface area contributed by atoms with Crippen molar-refractivity contribution in [1.29, 1.82) is 5.26 Å². The van der Waals surface area contributed by atoms with Crippen molar-refractivity contribution in [3.05, 3.63) is 64.5 Å². The number of aliphatic imine (C=N–C) groups is 1. The maximum atomic E-state index is 15.0.